The van der Waals surface area contributed by atoms with E-state index in [1.54, 1.807) is 14.1 Å². The predicted molar refractivity (Wildman–Crippen MR) is 56.5 cm³/mol. The lowest BCUT2D eigenvalue weighted by molar-refractivity contribution is -0.145. The summed E-state index contributed by atoms with van der Waals surface area (Å²) in [4.78, 5) is 14.4. The SMILES string of the molecule is CC(O)C(=O)O.CN(C)C(=N)N=C(N)N. The van der Waals surface area contributed by atoms with Gasteiger partial charge in [-0.25, -0.2) is 4.79 Å². The Labute approximate surface area is 87.7 Å². The lowest BCUT2D eigenvalue weighted by Gasteiger charge is -2.07. The molecule has 0 spiro atoms. The van der Waals surface area contributed by atoms with Crippen LogP contribution in [0.4, 0.5) is 0 Å². The van der Waals surface area contributed by atoms with Gasteiger partial charge in [0.1, 0.15) is 6.10 Å². The van der Waals surface area contributed by atoms with Crippen molar-refractivity contribution in [3.8, 4) is 0 Å². The van der Waals surface area contributed by atoms with Crippen LogP contribution in [0.2, 0.25) is 0 Å². The zero-order valence-corrected chi connectivity index (χ0v) is 8.93. The first-order chi connectivity index (χ1) is 6.68. The summed E-state index contributed by atoms with van der Waals surface area (Å²) >= 11 is 0. The third-order valence-corrected chi connectivity index (χ3v) is 1.02. The molecule has 1 unspecified atom stereocenters. The number of nitrogens with two attached hydrogens (primary N) is 2. The molecule has 0 aliphatic carbocycles. The minimum atomic E-state index is -1.23. The van der Waals surface area contributed by atoms with E-state index < -0.39 is 12.1 Å². The smallest absolute Gasteiger partial charge is 0.332 e. The molecule has 88 valence electrons. The second-order valence-electron chi connectivity index (χ2n) is 2.77. The van der Waals surface area contributed by atoms with Crippen molar-refractivity contribution in [1.82, 2.24) is 4.90 Å². The molecule has 1 atom stereocenters. The van der Waals surface area contributed by atoms with Crippen molar-refractivity contribution in [2.75, 3.05) is 14.1 Å². The van der Waals surface area contributed by atoms with E-state index in [-0.39, 0.29) is 11.9 Å². The molecule has 8 heteroatoms. The summed E-state index contributed by atoms with van der Waals surface area (Å²) in [5.41, 5.74) is 9.98. The number of guanidine groups is 2. The van der Waals surface area contributed by atoms with E-state index in [0.29, 0.717) is 0 Å². The minimum absolute atomic E-state index is 0.0509. The number of aliphatic hydroxyl groups is 1. The Morgan fingerprint density at radius 2 is 1.80 bits per heavy atom. The summed E-state index contributed by atoms with van der Waals surface area (Å²) in [6.45, 7) is 1.20. The number of carboxylic acid groups (broad SMARTS) is 1. The highest BCUT2D eigenvalue weighted by molar-refractivity contribution is 5.91. The summed E-state index contributed by atoms with van der Waals surface area (Å²) in [6.07, 6.45) is -1.23. The van der Waals surface area contributed by atoms with Gasteiger partial charge >= 0.3 is 5.97 Å². The van der Waals surface area contributed by atoms with Gasteiger partial charge in [-0.05, 0) is 6.92 Å². The minimum Gasteiger partial charge on any atom is -0.479 e. The molecule has 7 N–H and O–H groups in total. The maximum Gasteiger partial charge on any atom is 0.332 e. The normalized spacial score (nSPS) is 10.4. The highest BCUT2D eigenvalue weighted by Gasteiger charge is 2.01. The molecule has 0 radical (unpaired) electrons. The van der Waals surface area contributed by atoms with Crippen LogP contribution in [0.5, 0.6) is 0 Å². The molecule has 0 aliphatic heterocycles. The third kappa shape index (κ3) is 12.2. The number of hydrogen-bond donors (Lipinski definition) is 5. The Hall–Kier alpha value is -1.83. The lowest BCUT2D eigenvalue weighted by Crippen LogP contribution is -2.28. The van der Waals surface area contributed by atoms with Crippen LogP contribution in [0.25, 0.3) is 0 Å². The van der Waals surface area contributed by atoms with Crippen molar-refractivity contribution in [3.63, 3.8) is 0 Å². The highest BCUT2D eigenvalue weighted by atomic mass is 16.4. The van der Waals surface area contributed by atoms with Crippen LogP contribution in [0.3, 0.4) is 0 Å². The van der Waals surface area contributed by atoms with Gasteiger partial charge in [-0.2, -0.15) is 4.99 Å². The van der Waals surface area contributed by atoms with Gasteiger partial charge in [0.2, 0.25) is 5.96 Å². The molecule has 0 aromatic carbocycles. The van der Waals surface area contributed by atoms with Crippen molar-refractivity contribution >= 4 is 17.9 Å². The fourth-order valence-electron chi connectivity index (χ4n) is 0.222. The van der Waals surface area contributed by atoms with Crippen LogP contribution in [0.15, 0.2) is 4.99 Å². The van der Waals surface area contributed by atoms with Gasteiger partial charge in [0.15, 0.2) is 5.96 Å². The van der Waals surface area contributed by atoms with E-state index in [9.17, 15) is 4.79 Å². The van der Waals surface area contributed by atoms with E-state index in [2.05, 4.69) is 4.99 Å². The molecule has 8 nitrogen and oxygen atoms in total. The van der Waals surface area contributed by atoms with E-state index in [0.717, 1.165) is 0 Å². The second-order valence-corrected chi connectivity index (χ2v) is 2.77. The second kappa shape index (κ2) is 7.56. The summed E-state index contributed by atoms with van der Waals surface area (Å²) < 4.78 is 0. The molecule has 0 aromatic rings. The zero-order chi connectivity index (χ0) is 12.6. The molecule has 15 heavy (non-hydrogen) atoms. The number of nitrogens with zero attached hydrogens (tertiary/aromatic N) is 2. The van der Waals surface area contributed by atoms with Gasteiger partial charge in [-0.3, -0.25) is 5.41 Å². The van der Waals surface area contributed by atoms with Gasteiger partial charge in [0, 0.05) is 14.1 Å². The van der Waals surface area contributed by atoms with Crippen molar-refractivity contribution < 1.29 is 15.0 Å². The van der Waals surface area contributed by atoms with Crippen LogP contribution in [-0.2, 0) is 4.79 Å². The topological polar surface area (TPSA) is 149 Å². The largest absolute Gasteiger partial charge is 0.479 e. The quantitative estimate of drug-likeness (QED) is 0.259. The van der Waals surface area contributed by atoms with Crippen molar-refractivity contribution in [2.45, 2.75) is 13.0 Å². The Kier molecular flexibility index (Phi) is 7.88. The van der Waals surface area contributed by atoms with Crippen LogP contribution in [-0.4, -0.2) is 53.2 Å². The van der Waals surface area contributed by atoms with Crippen molar-refractivity contribution in [2.24, 2.45) is 16.5 Å². The molecule has 0 aliphatic rings. The molecule has 0 fully saturated rings. The highest BCUT2D eigenvalue weighted by Crippen LogP contribution is 1.78. The number of carboxylic acids is 1. The summed E-state index contributed by atoms with van der Waals surface area (Å²) in [5.74, 6) is -1.22. The fourth-order valence-corrected chi connectivity index (χ4v) is 0.222. The first-order valence-electron chi connectivity index (χ1n) is 3.94. The molecule has 0 heterocycles. The zero-order valence-electron chi connectivity index (χ0n) is 8.93. The first-order valence-corrected chi connectivity index (χ1v) is 3.94. The molecular formula is C7H17N5O3. The van der Waals surface area contributed by atoms with Gasteiger partial charge in [0.25, 0.3) is 0 Å². The van der Waals surface area contributed by atoms with Gasteiger partial charge in [-0.1, -0.05) is 0 Å². The number of hydrogen-bond acceptors (Lipinski definition) is 3. The molecule has 0 rings (SSSR count). The van der Waals surface area contributed by atoms with Crippen LogP contribution in [0, 0.1) is 5.41 Å². The molecule has 0 saturated heterocycles. The number of aliphatic carboxylic acids is 1. The van der Waals surface area contributed by atoms with Gasteiger partial charge in [0.05, 0.1) is 0 Å². The monoisotopic (exact) mass is 219 g/mol. The Balaban J connectivity index is 0. The lowest BCUT2D eigenvalue weighted by atomic mass is 10.4. The summed E-state index contributed by atoms with van der Waals surface area (Å²) in [5, 5.41) is 22.8. The standard InChI is InChI=1S/C4H11N5.C3H6O3/c1-9(2)4(7)8-3(5)6;1-2(4)3(5)6/h1-2H3,(H5,5,6,7,8);2,4H,1H3,(H,5,6). The first kappa shape index (κ1) is 15.6. The van der Waals surface area contributed by atoms with Crippen LogP contribution >= 0.6 is 0 Å². The van der Waals surface area contributed by atoms with E-state index >= 15 is 0 Å². The number of carbonyl (C=O) groups is 1. The Morgan fingerprint density at radius 3 is 1.87 bits per heavy atom. The van der Waals surface area contributed by atoms with Crippen molar-refractivity contribution in [3.05, 3.63) is 0 Å². The van der Waals surface area contributed by atoms with Crippen LogP contribution in [0.1, 0.15) is 6.92 Å². The maximum absolute atomic E-state index is 9.45. The number of nitrogens with one attached hydrogen (secondary N) is 1. The Morgan fingerprint density at radius 1 is 1.47 bits per heavy atom. The average Bonchev–Trinajstić information content (AvgIpc) is 2.03. The average molecular weight is 219 g/mol. The Bertz CT molecular complexity index is 245. The van der Waals surface area contributed by atoms with E-state index in [4.69, 9.17) is 27.1 Å². The molecular weight excluding hydrogens is 202 g/mol. The van der Waals surface area contributed by atoms with Gasteiger partial charge < -0.3 is 26.6 Å². The summed E-state index contributed by atoms with van der Waals surface area (Å²) in [6, 6.07) is 0. The summed E-state index contributed by atoms with van der Waals surface area (Å²) in [7, 11) is 3.38. The van der Waals surface area contributed by atoms with E-state index in [1.165, 1.54) is 11.8 Å². The van der Waals surface area contributed by atoms with Crippen LogP contribution < -0.4 is 11.5 Å². The number of aliphatic imine (C=N–C) groups is 1. The molecule has 0 bridgehead atoms. The fraction of sp³-hybridized carbons (Fsp3) is 0.571. The van der Waals surface area contributed by atoms with Gasteiger partial charge in [-0.15, -0.1) is 0 Å². The third-order valence-electron chi connectivity index (χ3n) is 1.02. The predicted octanol–water partition coefficient (Wildman–Crippen LogP) is -1.79. The molecule has 0 saturated carbocycles. The van der Waals surface area contributed by atoms with E-state index in [1.807, 2.05) is 0 Å². The molecule has 0 amide bonds. The number of aliphatic hydroxyl groups excluding tert-OH is 1. The van der Waals surface area contributed by atoms with Crippen molar-refractivity contribution in [1.29, 1.82) is 5.41 Å². The molecule has 0 aromatic heterocycles. The maximum atomic E-state index is 9.45. The number of rotatable bonds is 1.